The zero-order valence-corrected chi connectivity index (χ0v) is 21.9. The number of phenols is 1. The largest absolute Gasteiger partial charge is 0.508 e. The Morgan fingerprint density at radius 3 is 2.77 bits per heavy atom. The second-order valence-electron chi connectivity index (χ2n) is 8.65. The number of nitrogens with zero attached hydrogens (tertiary/aromatic N) is 5. The number of anilines is 1. The van der Waals surface area contributed by atoms with E-state index in [1.807, 2.05) is 44.6 Å². The molecule has 0 amide bonds. The summed E-state index contributed by atoms with van der Waals surface area (Å²) >= 11 is -0.659. The van der Waals surface area contributed by atoms with E-state index in [0.717, 1.165) is 16.4 Å². The Hall–Kier alpha value is -2.77. The predicted octanol–water partition coefficient (Wildman–Crippen LogP) is 3.33. The number of imidazole rings is 1. The van der Waals surface area contributed by atoms with Gasteiger partial charge in [-0.25, -0.2) is 23.9 Å². The van der Waals surface area contributed by atoms with Crippen molar-refractivity contribution in [3.8, 4) is 28.4 Å². The van der Waals surface area contributed by atoms with Gasteiger partial charge in [0.05, 0.1) is 17.1 Å². The van der Waals surface area contributed by atoms with Crippen LogP contribution < -0.4 is 10.0 Å². The first-order valence-electron chi connectivity index (χ1n) is 10.9. The zero-order chi connectivity index (χ0) is 25.6. The lowest BCUT2D eigenvalue weighted by atomic mass is 10.1. The van der Waals surface area contributed by atoms with E-state index < -0.39 is 16.8 Å². The number of benzene rings is 1. The molecule has 3 aromatic rings. The van der Waals surface area contributed by atoms with Gasteiger partial charge in [-0.05, 0) is 44.5 Å². The molecule has 10 nitrogen and oxygen atoms in total. The summed E-state index contributed by atoms with van der Waals surface area (Å²) in [6.45, 7) is 9.37. The Morgan fingerprint density at radius 2 is 2.09 bits per heavy atom. The van der Waals surface area contributed by atoms with Crippen LogP contribution in [0.15, 0.2) is 53.7 Å². The highest BCUT2D eigenvalue weighted by Crippen LogP contribution is 2.35. The van der Waals surface area contributed by atoms with Crippen molar-refractivity contribution in [3.05, 3.63) is 48.5 Å². The Balaban J connectivity index is 1.79. The lowest BCUT2D eigenvalue weighted by Gasteiger charge is -2.29. The molecule has 0 aliphatic heterocycles. The van der Waals surface area contributed by atoms with Crippen molar-refractivity contribution in [2.45, 2.75) is 24.5 Å². The van der Waals surface area contributed by atoms with Gasteiger partial charge < -0.3 is 19.9 Å². The van der Waals surface area contributed by atoms with Crippen molar-refractivity contribution >= 4 is 29.0 Å². The topological polar surface area (TPSA) is 128 Å². The second kappa shape index (κ2) is 11.8. The summed E-state index contributed by atoms with van der Waals surface area (Å²) in [6.07, 6.45) is 1.69. The third-order valence-corrected chi connectivity index (χ3v) is 6.54. The fourth-order valence-corrected chi connectivity index (χ4v) is 4.84. The summed E-state index contributed by atoms with van der Waals surface area (Å²) < 4.78 is 24.7. The molecule has 0 aliphatic rings. The summed E-state index contributed by atoms with van der Waals surface area (Å²) in [5.74, 6) is 0.639. The molecular formula is C23H31N7O3S2. The fraction of sp³-hybridized carbons (Fsp3) is 0.348. The second-order valence-corrected chi connectivity index (χ2v) is 10.3. The van der Waals surface area contributed by atoms with Gasteiger partial charge in [-0.2, -0.15) is 0 Å². The van der Waals surface area contributed by atoms with Crippen LogP contribution in [0.3, 0.4) is 0 Å². The van der Waals surface area contributed by atoms with Gasteiger partial charge in [0.25, 0.3) is 0 Å². The van der Waals surface area contributed by atoms with Crippen molar-refractivity contribution in [2.24, 2.45) is 7.05 Å². The normalized spacial score (nSPS) is 12.6. The van der Waals surface area contributed by atoms with Gasteiger partial charge in [-0.1, -0.05) is 30.5 Å². The van der Waals surface area contributed by atoms with E-state index in [4.69, 9.17) is 14.5 Å². The molecule has 4 N–H and O–H groups in total. The molecule has 12 heteroatoms. The fourth-order valence-electron chi connectivity index (χ4n) is 3.76. The zero-order valence-electron chi connectivity index (χ0n) is 20.2. The van der Waals surface area contributed by atoms with E-state index in [1.165, 1.54) is 11.8 Å². The van der Waals surface area contributed by atoms with Crippen LogP contribution in [0.4, 0.5) is 5.95 Å². The average Bonchev–Trinajstić information content (AvgIpc) is 3.09. The van der Waals surface area contributed by atoms with Crippen LogP contribution in [-0.4, -0.2) is 70.5 Å². The highest BCUT2D eigenvalue weighted by Gasteiger charge is 2.22. The van der Waals surface area contributed by atoms with Crippen molar-refractivity contribution in [2.75, 3.05) is 32.0 Å². The molecule has 1 atom stereocenters. The summed E-state index contributed by atoms with van der Waals surface area (Å²) in [6, 6.07) is 8.80. The van der Waals surface area contributed by atoms with Crippen molar-refractivity contribution in [1.29, 1.82) is 0 Å². The molecule has 0 spiro atoms. The number of aromatic hydroxyl groups is 1. The summed E-state index contributed by atoms with van der Waals surface area (Å²) in [5.41, 5.74) is 2.45. The number of rotatable bonds is 12. The van der Waals surface area contributed by atoms with Gasteiger partial charge >= 0.3 is 0 Å². The Kier molecular flexibility index (Phi) is 9.03. The number of thioether (sulfide) groups is 1. The first-order chi connectivity index (χ1) is 16.6. The maximum absolute atomic E-state index is 11.1. The monoisotopic (exact) mass is 517 g/mol. The molecule has 2 heterocycles. The molecule has 0 saturated carbocycles. The van der Waals surface area contributed by atoms with Gasteiger partial charge in [0, 0.05) is 44.0 Å². The van der Waals surface area contributed by atoms with E-state index in [0.29, 0.717) is 37.0 Å². The predicted molar refractivity (Wildman–Crippen MR) is 141 cm³/mol. The first kappa shape index (κ1) is 26.8. The molecule has 35 heavy (non-hydrogen) atoms. The number of likely N-dealkylation sites (N-methyl/N-ethyl adjacent to an activating group) is 1. The molecule has 0 fully saturated rings. The van der Waals surface area contributed by atoms with Gasteiger partial charge in [0.15, 0.2) is 5.16 Å². The quantitative estimate of drug-likeness (QED) is 0.211. The van der Waals surface area contributed by atoms with E-state index in [2.05, 4.69) is 26.5 Å². The van der Waals surface area contributed by atoms with E-state index in [1.54, 1.807) is 29.8 Å². The van der Waals surface area contributed by atoms with Crippen LogP contribution in [0.5, 0.6) is 5.75 Å². The van der Waals surface area contributed by atoms with E-state index in [9.17, 15) is 9.32 Å². The van der Waals surface area contributed by atoms with Crippen LogP contribution in [-0.2, 0) is 18.3 Å². The summed E-state index contributed by atoms with van der Waals surface area (Å²) in [7, 11) is 3.86. The van der Waals surface area contributed by atoms with Crippen molar-refractivity contribution in [1.82, 2.24) is 29.1 Å². The maximum atomic E-state index is 11.1. The maximum Gasteiger partial charge on any atom is 0.232 e. The van der Waals surface area contributed by atoms with E-state index in [-0.39, 0.29) is 5.75 Å². The van der Waals surface area contributed by atoms with Crippen molar-refractivity contribution in [3.63, 3.8) is 0 Å². The van der Waals surface area contributed by atoms with Gasteiger partial charge in [0.1, 0.15) is 5.75 Å². The Morgan fingerprint density at radius 1 is 1.31 bits per heavy atom. The molecule has 0 bridgehead atoms. The molecule has 0 radical (unpaired) electrons. The molecule has 3 rings (SSSR count). The molecule has 0 saturated heterocycles. The minimum absolute atomic E-state index is 0.162. The molecule has 1 unspecified atom stereocenters. The molecule has 188 valence electrons. The Bertz CT molecular complexity index is 1200. The third-order valence-electron chi connectivity index (χ3n) is 5.07. The Labute approximate surface area is 212 Å². The summed E-state index contributed by atoms with van der Waals surface area (Å²) in [4.78, 5) is 15.9. The van der Waals surface area contributed by atoms with Gasteiger partial charge in [-0.3, -0.25) is 4.55 Å². The molecule has 1 aromatic carbocycles. The number of nitrogens with one attached hydrogen (secondary N) is 2. The lowest BCUT2D eigenvalue weighted by molar-refractivity contribution is 0.263. The third kappa shape index (κ3) is 7.36. The standard InChI is InChI=1S/C23H31N7O3S2/c1-6-34-22-27-19(16-8-7-9-17(31)14-16)20(30(22)5)18-10-11-24-21(26-18)25-12-13-29(4)15-23(2,3)28-35(32)33/h6-11,14,28,31H,1,12-13,15H2,2-5H3,(H,32,33)(H,24,25,26). The number of aromatic nitrogens is 4. The minimum Gasteiger partial charge on any atom is -0.508 e. The highest BCUT2D eigenvalue weighted by atomic mass is 32.2. The van der Waals surface area contributed by atoms with Gasteiger partial charge in [0.2, 0.25) is 17.2 Å². The van der Waals surface area contributed by atoms with Crippen LogP contribution in [0.25, 0.3) is 22.6 Å². The summed E-state index contributed by atoms with van der Waals surface area (Å²) in [5, 5.41) is 15.7. The van der Waals surface area contributed by atoms with Crippen LogP contribution >= 0.6 is 11.8 Å². The van der Waals surface area contributed by atoms with E-state index >= 15 is 0 Å². The average molecular weight is 518 g/mol. The molecule has 0 aliphatic carbocycles. The molecular weight excluding hydrogens is 486 g/mol. The van der Waals surface area contributed by atoms with Crippen molar-refractivity contribution < 1.29 is 13.9 Å². The number of hydrogen-bond donors (Lipinski definition) is 4. The first-order valence-corrected chi connectivity index (χ1v) is 12.9. The van der Waals surface area contributed by atoms with Crippen LogP contribution in [0, 0.1) is 0 Å². The lowest BCUT2D eigenvalue weighted by Crippen LogP contribution is -2.49. The molecule has 2 aromatic heterocycles. The smallest absolute Gasteiger partial charge is 0.232 e. The number of hydrogen-bond acceptors (Lipinski definition) is 8. The van der Waals surface area contributed by atoms with Crippen LogP contribution in [0.2, 0.25) is 0 Å². The SMILES string of the molecule is C=CSc1nc(-c2cccc(O)c2)c(-c2ccnc(NCCN(C)CC(C)(C)NS(=O)O)n2)n1C. The number of phenolic OH excluding ortho intramolecular Hbond substituents is 1. The van der Waals surface area contributed by atoms with Crippen LogP contribution in [0.1, 0.15) is 13.8 Å². The van der Waals surface area contributed by atoms with Gasteiger partial charge in [-0.15, -0.1) is 0 Å². The highest BCUT2D eigenvalue weighted by molar-refractivity contribution is 8.02. The minimum atomic E-state index is -2.07.